The average molecular weight is 170 g/mol. The van der Waals surface area contributed by atoms with Crippen LogP contribution in [0, 0.1) is 11.3 Å². The van der Waals surface area contributed by atoms with Crippen molar-refractivity contribution in [1.82, 2.24) is 0 Å². The van der Waals surface area contributed by atoms with Crippen molar-refractivity contribution in [2.75, 3.05) is 18.0 Å². The number of nitriles is 1. The molecule has 0 amide bonds. The SMILES string of the molecule is N#Cc1ccc(N2CC=CC2)cc1. The first kappa shape index (κ1) is 7.88. The lowest BCUT2D eigenvalue weighted by atomic mass is 10.2. The van der Waals surface area contributed by atoms with E-state index in [-0.39, 0.29) is 0 Å². The van der Waals surface area contributed by atoms with Crippen molar-refractivity contribution in [1.29, 1.82) is 5.26 Å². The van der Waals surface area contributed by atoms with Gasteiger partial charge in [-0.1, -0.05) is 12.2 Å². The third-order valence-corrected chi connectivity index (χ3v) is 2.18. The molecule has 0 spiro atoms. The van der Waals surface area contributed by atoms with E-state index in [4.69, 9.17) is 5.26 Å². The number of benzene rings is 1. The lowest BCUT2D eigenvalue weighted by molar-refractivity contribution is 1.01. The number of anilines is 1. The predicted octanol–water partition coefficient (Wildman–Crippen LogP) is 1.93. The summed E-state index contributed by atoms with van der Waals surface area (Å²) in [4.78, 5) is 2.25. The van der Waals surface area contributed by atoms with Crippen molar-refractivity contribution in [3.05, 3.63) is 42.0 Å². The number of rotatable bonds is 1. The Kier molecular flexibility index (Phi) is 2.01. The molecule has 0 aliphatic carbocycles. The molecule has 1 aliphatic heterocycles. The summed E-state index contributed by atoms with van der Waals surface area (Å²) in [6.07, 6.45) is 4.30. The molecule has 1 aromatic rings. The summed E-state index contributed by atoms with van der Waals surface area (Å²) in [5.74, 6) is 0. The van der Waals surface area contributed by atoms with Crippen LogP contribution < -0.4 is 4.90 Å². The van der Waals surface area contributed by atoms with Crippen LogP contribution in [0.2, 0.25) is 0 Å². The number of hydrogen-bond acceptors (Lipinski definition) is 2. The van der Waals surface area contributed by atoms with Crippen molar-refractivity contribution in [3.63, 3.8) is 0 Å². The summed E-state index contributed by atoms with van der Waals surface area (Å²) in [5.41, 5.74) is 1.90. The molecule has 1 aromatic carbocycles. The van der Waals surface area contributed by atoms with Gasteiger partial charge in [-0.05, 0) is 24.3 Å². The van der Waals surface area contributed by atoms with Crippen LogP contribution in [0.1, 0.15) is 5.56 Å². The van der Waals surface area contributed by atoms with Gasteiger partial charge >= 0.3 is 0 Å². The molecule has 64 valence electrons. The third kappa shape index (κ3) is 1.54. The molecule has 1 heterocycles. The number of nitrogens with zero attached hydrogens (tertiary/aromatic N) is 2. The van der Waals surface area contributed by atoms with Crippen LogP contribution in [0.15, 0.2) is 36.4 Å². The molecule has 0 aromatic heterocycles. The summed E-state index contributed by atoms with van der Waals surface area (Å²) < 4.78 is 0. The van der Waals surface area contributed by atoms with E-state index in [1.807, 2.05) is 24.3 Å². The Morgan fingerprint density at radius 2 is 1.69 bits per heavy atom. The quantitative estimate of drug-likeness (QED) is 0.602. The van der Waals surface area contributed by atoms with Gasteiger partial charge in [-0.2, -0.15) is 5.26 Å². The van der Waals surface area contributed by atoms with Crippen molar-refractivity contribution in [3.8, 4) is 6.07 Å². The Balaban J connectivity index is 2.19. The summed E-state index contributed by atoms with van der Waals surface area (Å²) in [7, 11) is 0. The standard InChI is InChI=1S/C11H10N2/c12-9-10-3-5-11(6-4-10)13-7-1-2-8-13/h1-6H,7-8H2. The normalized spacial score (nSPS) is 14.5. The zero-order chi connectivity index (χ0) is 9.10. The minimum atomic E-state index is 0.718. The molecule has 0 saturated carbocycles. The van der Waals surface area contributed by atoms with Gasteiger partial charge < -0.3 is 4.90 Å². The molecule has 2 rings (SSSR count). The van der Waals surface area contributed by atoms with Gasteiger partial charge in [-0.15, -0.1) is 0 Å². The Morgan fingerprint density at radius 1 is 1.08 bits per heavy atom. The van der Waals surface area contributed by atoms with Gasteiger partial charge in [0.2, 0.25) is 0 Å². The average Bonchev–Trinajstić information content (AvgIpc) is 2.71. The molecule has 0 bridgehead atoms. The van der Waals surface area contributed by atoms with Crippen molar-refractivity contribution < 1.29 is 0 Å². The van der Waals surface area contributed by atoms with Crippen LogP contribution in [-0.2, 0) is 0 Å². The van der Waals surface area contributed by atoms with Crippen molar-refractivity contribution in [2.45, 2.75) is 0 Å². The van der Waals surface area contributed by atoms with E-state index in [1.165, 1.54) is 5.69 Å². The third-order valence-electron chi connectivity index (χ3n) is 2.18. The maximum atomic E-state index is 8.62. The van der Waals surface area contributed by atoms with E-state index in [0.717, 1.165) is 18.7 Å². The van der Waals surface area contributed by atoms with Crippen molar-refractivity contribution >= 4 is 5.69 Å². The molecule has 0 atom stereocenters. The summed E-state index contributed by atoms with van der Waals surface area (Å²) in [5, 5.41) is 8.62. The Labute approximate surface area is 77.7 Å². The van der Waals surface area contributed by atoms with E-state index in [9.17, 15) is 0 Å². The maximum Gasteiger partial charge on any atom is 0.0991 e. The van der Waals surface area contributed by atoms with Crippen LogP contribution in [0.5, 0.6) is 0 Å². The van der Waals surface area contributed by atoms with Gasteiger partial charge in [0.15, 0.2) is 0 Å². The molecular formula is C11H10N2. The highest BCUT2D eigenvalue weighted by Gasteiger charge is 2.06. The van der Waals surface area contributed by atoms with E-state index in [1.54, 1.807) is 0 Å². The molecule has 0 unspecified atom stereocenters. The molecule has 2 heteroatoms. The smallest absolute Gasteiger partial charge is 0.0991 e. The lowest BCUT2D eigenvalue weighted by Crippen LogP contribution is -2.18. The fraction of sp³-hybridized carbons (Fsp3) is 0.182. The molecular weight excluding hydrogens is 160 g/mol. The Hall–Kier alpha value is -1.75. The molecule has 0 fully saturated rings. The Bertz CT molecular complexity index is 349. The zero-order valence-electron chi connectivity index (χ0n) is 7.27. The largest absolute Gasteiger partial charge is 0.364 e. The first-order valence-corrected chi connectivity index (χ1v) is 4.30. The minimum absolute atomic E-state index is 0.718. The second-order valence-electron chi connectivity index (χ2n) is 3.04. The van der Waals surface area contributed by atoms with Gasteiger partial charge in [0.1, 0.15) is 0 Å². The summed E-state index contributed by atoms with van der Waals surface area (Å²) in [6.45, 7) is 1.96. The topological polar surface area (TPSA) is 27.0 Å². The first-order chi connectivity index (χ1) is 6.40. The van der Waals surface area contributed by atoms with Gasteiger partial charge in [0, 0.05) is 18.8 Å². The van der Waals surface area contributed by atoms with Crippen LogP contribution in [0.3, 0.4) is 0 Å². The molecule has 0 N–H and O–H groups in total. The molecule has 0 saturated heterocycles. The molecule has 1 aliphatic rings. The molecule has 13 heavy (non-hydrogen) atoms. The van der Waals surface area contributed by atoms with Gasteiger partial charge in [0.25, 0.3) is 0 Å². The minimum Gasteiger partial charge on any atom is -0.364 e. The van der Waals surface area contributed by atoms with Crippen molar-refractivity contribution in [2.24, 2.45) is 0 Å². The van der Waals surface area contributed by atoms with Crippen LogP contribution in [0.25, 0.3) is 0 Å². The highest BCUT2D eigenvalue weighted by atomic mass is 15.1. The van der Waals surface area contributed by atoms with Gasteiger partial charge in [-0.25, -0.2) is 0 Å². The van der Waals surface area contributed by atoms with E-state index in [2.05, 4.69) is 23.1 Å². The van der Waals surface area contributed by atoms with E-state index in [0.29, 0.717) is 0 Å². The van der Waals surface area contributed by atoms with Crippen LogP contribution in [0.4, 0.5) is 5.69 Å². The number of hydrogen-bond donors (Lipinski definition) is 0. The maximum absolute atomic E-state index is 8.62. The fourth-order valence-electron chi connectivity index (χ4n) is 1.44. The van der Waals surface area contributed by atoms with Crippen LogP contribution >= 0.6 is 0 Å². The zero-order valence-corrected chi connectivity index (χ0v) is 7.27. The lowest BCUT2D eigenvalue weighted by Gasteiger charge is -2.17. The summed E-state index contributed by atoms with van der Waals surface area (Å²) in [6, 6.07) is 9.80. The monoisotopic (exact) mass is 170 g/mol. The molecule has 0 radical (unpaired) electrons. The summed E-state index contributed by atoms with van der Waals surface area (Å²) >= 11 is 0. The second kappa shape index (κ2) is 3.32. The van der Waals surface area contributed by atoms with Gasteiger partial charge in [0.05, 0.1) is 11.6 Å². The Morgan fingerprint density at radius 3 is 2.23 bits per heavy atom. The first-order valence-electron chi connectivity index (χ1n) is 4.30. The predicted molar refractivity (Wildman–Crippen MR) is 52.5 cm³/mol. The fourth-order valence-corrected chi connectivity index (χ4v) is 1.44. The van der Waals surface area contributed by atoms with Gasteiger partial charge in [-0.3, -0.25) is 0 Å². The van der Waals surface area contributed by atoms with E-state index < -0.39 is 0 Å². The molecule has 2 nitrogen and oxygen atoms in total. The highest BCUT2D eigenvalue weighted by molar-refractivity contribution is 5.51. The van der Waals surface area contributed by atoms with Crippen LogP contribution in [-0.4, -0.2) is 13.1 Å². The van der Waals surface area contributed by atoms with E-state index >= 15 is 0 Å². The highest BCUT2D eigenvalue weighted by Crippen LogP contribution is 2.16. The second-order valence-corrected chi connectivity index (χ2v) is 3.04.